The molecule has 0 amide bonds. The molecule has 0 saturated carbocycles. The van der Waals surface area contributed by atoms with E-state index >= 15 is 4.39 Å². The molecule has 2 heterocycles. The second kappa shape index (κ2) is 11.8. The Labute approximate surface area is 229 Å². The number of hydrogen-bond acceptors (Lipinski definition) is 5. The topological polar surface area (TPSA) is 78.6 Å². The van der Waals surface area contributed by atoms with Crippen molar-refractivity contribution in [3.8, 4) is 5.75 Å². The molecule has 2 aromatic carbocycles. The van der Waals surface area contributed by atoms with Crippen molar-refractivity contribution in [2.45, 2.75) is 49.4 Å². The zero-order chi connectivity index (χ0) is 27.0. The van der Waals surface area contributed by atoms with Gasteiger partial charge in [-0.2, -0.15) is 13.2 Å². The van der Waals surface area contributed by atoms with E-state index in [1.807, 2.05) is 0 Å². The molecule has 0 aromatic heterocycles. The van der Waals surface area contributed by atoms with E-state index in [4.69, 9.17) is 26.8 Å². The van der Waals surface area contributed by atoms with Gasteiger partial charge in [0.15, 0.2) is 11.6 Å². The zero-order valence-corrected chi connectivity index (χ0v) is 22.5. The van der Waals surface area contributed by atoms with E-state index in [9.17, 15) is 26.0 Å². The van der Waals surface area contributed by atoms with Crippen LogP contribution in [0.5, 0.6) is 5.75 Å². The summed E-state index contributed by atoms with van der Waals surface area (Å²) in [4.78, 5) is 0. The number of benzene rings is 2. The van der Waals surface area contributed by atoms with E-state index in [2.05, 4.69) is 0 Å². The normalized spacial score (nSPS) is 24.0. The van der Waals surface area contributed by atoms with Gasteiger partial charge < -0.3 is 15.2 Å². The molecule has 2 aromatic rings. The summed E-state index contributed by atoms with van der Waals surface area (Å²) >= 11 is 6.02. The maximum Gasteiger partial charge on any atom is 0.403 e. The largest absolute Gasteiger partial charge is 0.490 e. The summed E-state index contributed by atoms with van der Waals surface area (Å²) in [5, 5.41) is 0.516. The molecule has 2 aliphatic rings. The van der Waals surface area contributed by atoms with Crippen LogP contribution in [0, 0.1) is 17.6 Å². The highest BCUT2D eigenvalue weighted by molar-refractivity contribution is 7.91. The highest BCUT2D eigenvalue weighted by atomic mass is 35.5. The van der Waals surface area contributed by atoms with Crippen molar-refractivity contribution in [2.75, 3.05) is 24.7 Å². The molecule has 0 radical (unpaired) electrons. The summed E-state index contributed by atoms with van der Waals surface area (Å²) in [5.41, 5.74) is 5.00. The first kappa shape index (κ1) is 30.9. The number of sulfone groups is 1. The molecule has 13 heteroatoms. The van der Waals surface area contributed by atoms with Gasteiger partial charge >= 0.3 is 6.18 Å². The molecule has 1 fully saturated rings. The van der Waals surface area contributed by atoms with Crippen molar-refractivity contribution >= 4 is 33.8 Å². The molecule has 212 valence electrons. The summed E-state index contributed by atoms with van der Waals surface area (Å²) in [6.45, 7) is 0.119. The number of halogens is 7. The van der Waals surface area contributed by atoms with Crippen molar-refractivity contribution < 1.29 is 39.8 Å². The van der Waals surface area contributed by atoms with Crippen molar-refractivity contribution in [2.24, 2.45) is 11.7 Å². The Morgan fingerprint density at radius 2 is 1.74 bits per heavy atom. The number of ether oxygens (including phenoxy) is 2. The number of nitrogens with two attached hydrogens (primary N) is 1. The molecule has 1 saturated heterocycles. The molecular formula is C25H28Cl2F5NO4S. The molecule has 5 nitrogen and oxygen atoms in total. The third-order valence-electron chi connectivity index (χ3n) is 7.31. The van der Waals surface area contributed by atoms with Gasteiger partial charge in [-0.15, -0.1) is 12.4 Å². The predicted octanol–water partition coefficient (Wildman–Crippen LogP) is 5.40. The van der Waals surface area contributed by atoms with Crippen LogP contribution in [0.4, 0.5) is 22.0 Å². The van der Waals surface area contributed by atoms with Gasteiger partial charge in [-0.25, -0.2) is 17.2 Å². The van der Waals surface area contributed by atoms with Crippen molar-refractivity contribution in [1.82, 2.24) is 0 Å². The Hall–Kier alpha value is -1.66. The van der Waals surface area contributed by atoms with Crippen molar-refractivity contribution in [3.63, 3.8) is 0 Å². The second-order valence-electron chi connectivity index (χ2n) is 9.65. The summed E-state index contributed by atoms with van der Waals surface area (Å²) in [7, 11) is -3.88. The van der Waals surface area contributed by atoms with Gasteiger partial charge in [0, 0.05) is 28.5 Å². The van der Waals surface area contributed by atoms with Gasteiger partial charge in [0.1, 0.15) is 21.7 Å². The van der Waals surface area contributed by atoms with E-state index in [0.29, 0.717) is 17.9 Å². The van der Waals surface area contributed by atoms with E-state index in [1.54, 1.807) is 24.3 Å². The van der Waals surface area contributed by atoms with Crippen LogP contribution in [0.15, 0.2) is 36.4 Å². The third kappa shape index (κ3) is 6.55. The van der Waals surface area contributed by atoms with Crippen molar-refractivity contribution in [3.05, 3.63) is 64.2 Å². The zero-order valence-electron chi connectivity index (χ0n) is 20.1. The fourth-order valence-corrected chi connectivity index (χ4v) is 6.90. The minimum absolute atomic E-state index is 0. The number of hydrogen-bond donors (Lipinski definition) is 1. The minimum Gasteiger partial charge on any atom is -0.490 e. The van der Waals surface area contributed by atoms with Crippen LogP contribution < -0.4 is 10.5 Å². The van der Waals surface area contributed by atoms with Crippen LogP contribution in [-0.2, 0) is 26.4 Å². The summed E-state index contributed by atoms with van der Waals surface area (Å²) in [6, 6.07) is 6.78. The van der Waals surface area contributed by atoms with Gasteiger partial charge in [0.2, 0.25) is 0 Å². The van der Waals surface area contributed by atoms with Gasteiger partial charge in [0.05, 0.1) is 24.2 Å². The Morgan fingerprint density at radius 3 is 2.39 bits per heavy atom. The third-order valence-corrected chi connectivity index (χ3v) is 9.28. The van der Waals surface area contributed by atoms with Crippen LogP contribution in [-0.4, -0.2) is 51.5 Å². The van der Waals surface area contributed by atoms with Gasteiger partial charge in [-0.05, 0) is 55.5 Å². The van der Waals surface area contributed by atoms with E-state index < -0.39 is 69.1 Å². The monoisotopic (exact) mass is 603 g/mol. The molecule has 2 N–H and O–H groups in total. The minimum atomic E-state index is -4.69. The molecule has 1 unspecified atom stereocenters. The molecule has 0 bridgehead atoms. The van der Waals surface area contributed by atoms with Crippen LogP contribution in [0.2, 0.25) is 5.02 Å². The molecule has 2 aliphatic heterocycles. The Kier molecular flexibility index (Phi) is 9.62. The fraction of sp³-hybridized carbons (Fsp3) is 0.520. The molecule has 0 aliphatic carbocycles. The first-order chi connectivity index (χ1) is 17.3. The molecule has 4 rings (SSSR count). The van der Waals surface area contributed by atoms with Crippen LogP contribution >= 0.6 is 24.0 Å². The van der Waals surface area contributed by atoms with Gasteiger partial charge in [0.25, 0.3) is 0 Å². The lowest BCUT2D eigenvalue weighted by atomic mass is 9.60. The Morgan fingerprint density at radius 1 is 1.08 bits per heavy atom. The average Bonchev–Trinajstić information content (AvgIpc) is 2.84. The lowest BCUT2D eigenvalue weighted by Crippen LogP contribution is -2.55. The average molecular weight is 604 g/mol. The summed E-state index contributed by atoms with van der Waals surface area (Å²) in [5.74, 6) is -3.19. The molecular weight excluding hydrogens is 576 g/mol. The van der Waals surface area contributed by atoms with Crippen LogP contribution in [0.25, 0.3) is 0 Å². The Balaban J connectivity index is 0.00000400. The molecule has 0 spiro atoms. The molecule has 38 heavy (non-hydrogen) atoms. The summed E-state index contributed by atoms with van der Waals surface area (Å²) < 4.78 is 105. The maximum atomic E-state index is 15.3. The second-order valence-corrected chi connectivity index (χ2v) is 12.4. The number of alkyl halides is 3. The summed E-state index contributed by atoms with van der Waals surface area (Å²) in [6.07, 6.45) is -5.54. The fourth-order valence-electron chi connectivity index (χ4n) is 5.37. The predicted molar refractivity (Wildman–Crippen MR) is 136 cm³/mol. The highest BCUT2D eigenvalue weighted by Crippen LogP contribution is 2.52. The SMILES string of the molecule is Cl.NC(CCS(=O)(=O)CC[C@@H]1OCC[C@@]2(Cc3ccc(Cl)cc3)c3c(F)ccc(F)c3OC[C@@H]12)C(F)(F)F. The van der Waals surface area contributed by atoms with Crippen LogP contribution in [0.3, 0.4) is 0 Å². The highest BCUT2D eigenvalue weighted by Gasteiger charge is 2.53. The lowest BCUT2D eigenvalue weighted by molar-refractivity contribution is -0.147. The lowest BCUT2D eigenvalue weighted by Gasteiger charge is -2.51. The van der Waals surface area contributed by atoms with Gasteiger partial charge in [-0.3, -0.25) is 0 Å². The van der Waals surface area contributed by atoms with E-state index in [0.717, 1.165) is 17.7 Å². The Bertz CT molecular complexity index is 1230. The number of fused-ring (bicyclic) bond motifs is 3. The first-order valence-corrected chi connectivity index (χ1v) is 14.0. The quantitative estimate of drug-likeness (QED) is 0.409. The van der Waals surface area contributed by atoms with E-state index in [1.165, 1.54) is 0 Å². The standard InChI is InChI=1S/C25H27ClF5NO4S.ClH/c26-16-3-1-15(2-4-16)13-24-9-10-35-20(7-11-37(33,34)12-8-21(32)25(29,30)31)17(24)14-36-23-19(28)6-5-18(27)22(23)24;/h1-6,17,20-21H,7-14,32H2;1H/t17-,20-,21?,24-;/m0./s1. The van der Waals surface area contributed by atoms with Gasteiger partial charge in [-0.1, -0.05) is 23.7 Å². The van der Waals surface area contributed by atoms with Crippen LogP contribution in [0.1, 0.15) is 30.4 Å². The van der Waals surface area contributed by atoms with E-state index in [-0.39, 0.29) is 43.4 Å². The maximum absolute atomic E-state index is 15.3. The molecule has 4 atom stereocenters. The first-order valence-electron chi connectivity index (χ1n) is 11.8. The number of rotatable bonds is 8. The van der Waals surface area contributed by atoms with Crippen molar-refractivity contribution in [1.29, 1.82) is 0 Å². The smallest absolute Gasteiger partial charge is 0.403 e.